The SMILES string of the molecule is c1ccc(CNCCNCc2ccccc2)cc1.c1ccc2c(c1)Cc1ccccc1-2. The lowest BCUT2D eigenvalue weighted by Gasteiger charge is -2.06. The molecule has 0 spiro atoms. The third kappa shape index (κ3) is 6.14. The van der Waals surface area contributed by atoms with E-state index in [1.54, 1.807) is 0 Å². The maximum absolute atomic E-state index is 3.43. The van der Waals surface area contributed by atoms with Crippen molar-refractivity contribution >= 4 is 0 Å². The summed E-state index contributed by atoms with van der Waals surface area (Å²) in [6, 6.07) is 38.3. The summed E-state index contributed by atoms with van der Waals surface area (Å²) in [6.45, 7) is 3.85. The van der Waals surface area contributed by atoms with Crippen molar-refractivity contribution in [3.63, 3.8) is 0 Å². The predicted octanol–water partition coefficient (Wildman–Crippen LogP) is 5.82. The average molecular weight is 407 g/mol. The van der Waals surface area contributed by atoms with Crippen LogP contribution in [0.5, 0.6) is 0 Å². The molecule has 5 rings (SSSR count). The van der Waals surface area contributed by atoms with Gasteiger partial charge in [-0.05, 0) is 39.8 Å². The lowest BCUT2D eigenvalue weighted by atomic mass is 10.1. The van der Waals surface area contributed by atoms with E-state index >= 15 is 0 Å². The molecule has 0 heterocycles. The summed E-state index contributed by atoms with van der Waals surface area (Å²) in [5, 5.41) is 6.85. The van der Waals surface area contributed by atoms with Crippen LogP contribution in [-0.2, 0) is 19.5 Å². The van der Waals surface area contributed by atoms with Gasteiger partial charge in [-0.25, -0.2) is 0 Å². The number of hydrogen-bond donors (Lipinski definition) is 2. The molecule has 0 unspecified atom stereocenters. The quantitative estimate of drug-likeness (QED) is 0.333. The summed E-state index contributed by atoms with van der Waals surface area (Å²) < 4.78 is 0. The maximum atomic E-state index is 3.43. The second kappa shape index (κ2) is 11.3. The summed E-state index contributed by atoms with van der Waals surface area (Å²) >= 11 is 0. The standard InChI is InChI=1S/C16H20N2.C13H10/c1-3-7-15(8-4-1)13-17-11-12-18-14-16-9-5-2-6-10-16;1-3-7-12-10(5-1)9-11-6-2-4-8-13(11)12/h1-10,17-18H,11-14H2;1-8H,9H2. The van der Waals surface area contributed by atoms with Crippen LogP contribution in [0, 0.1) is 0 Å². The Hall–Kier alpha value is -3.20. The largest absolute Gasteiger partial charge is 0.311 e. The van der Waals surface area contributed by atoms with Crippen molar-refractivity contribution in [3.8, 4) is 11.1 Å². The summed E-state index contributed by atoms with van der Waals surface area (Å²) in [4.78, 5) is 0. The van der Waals surface area contributed by atoms with Crippen LogP contribution in [0.15, 0.2) is 109 Å². The Labute approximate surface area is 186 Å². The van der Waals surface area contributed by atoms with Gasteiger partial charge in [0.15, 0.2) is 0 Å². The van der Waals surface area contributed by atoms with Crippen molar-refractivity contribution in [1.29, 1.82) is 0 Å². The highest BCUT2D eigenvalue weighted by atomic mass is 14.9. The Morgan fingerprint density at radius 2 is 0.839 bits per heavy atom. The zero-order valence-electron chi connectivity index (χ0n) is 17.9. The molecule has 156 valence electrons. The van der Waals surface area contributed by atoms with E-state index in [0.29, 0.717) is 0 Å². The fourth-order valence-electron chi connectivity index (χ4n) is 3.91. The van der Waals surface area contributed by atoms with Gasteiger partial charge in [0, 0.05) is 26.2 Å². The predicted molar refractivity (Wildman–Crippen MR) is 131 cm³/mol. The minimum atomic E-state index is 0.938. The highest BCUT2D eigenvalue weighted by Gasteiger charge is 2.15. The van der Waals surface area contributed by atoms with E-state index in [2.05, 4.69) is 108 Å². The van der Waals surface area contributed by atoms with E-state index in [4.69, 9.17) is 0 Å². The molecule has 0 bridgehead atoms. The molecule has 4 aromatic carbocycles. The molecular formula is C29H30N2. The Morgan fingerprint density at radius 3 is 1.29 bits per heavy atom. The molecule has 1 aliphatic carbocycles. The molecule has 0 saturated heterocycles. The van der Waals surface area contributed by atoms with Crippen LogP contribution in [0.25, 0.3) is 11.1 Å². The van der Waals surface area contributed by atoms with Crippen LogP contribution in [-0.4, -0.2) is 13.1 Å². The molecule has 1 aliphatic rings. The summed E-state index contributed by atoms with van der Waals surface area (Å²) in [5.74, 6) is 0. The highest BCUT2D eigenvalue weighted by molar-refractivity contribution is 5.76. The second-order valence-electron chi connectivity index (χ2n) is 7.82. The first-order valence-electron chi connectivity index (χ1n) is 11.1. The van der Waals surface area contributed by atoms with Gasteiger partial charge in [-0.2, -0.15) is 0 Å². The fourth-order valence-corrected chi connectivity index (χ4v) is 3.91. The minimum Gasteiger partial charge on any atom is -0.311 e. The number of hydrogen-bond acceptors (Lipinski definition) is 2. The van der Waals surface area contributed by atoms with Crippen LogP contribution in [0.3, 0.4) is 0 Å². The zero-order valence-corrected chi connectivity index (χ0v) is 17.9. The molecular weight excluding hydrogens is 376 g/mol. The zero-order chi connectivity index (χ0) is 21.1. The summed E-state index contributed by atoms with van der Waals surface area (Å²) in [7, 11) is 0. The van der Waals surface area contributed by atoms with Crippen LogP contribution in [0.1, 0.15) is 22.3 Å². The van der Waals surface area contributed by atoms with Crippen molar-refractivity contribution in [2.24, 2.45) is 0 Å². The monoisotopic (exact) mass is 406 g/mol. The van der Waals surface area contributed by atoms with Crippen molar-refractivity contribution in [2.45, 2.75) is 19.5 Å². The van der Waals surface area contributed by atoms with Gasteiger partial charge in [-0.1, -0.05) is 109 Å². The smallest absolute Gasteiger partial charge is 0.0206 e. The lowest BCUT2D eigenvalue weighted by Crippen LogP contribution is -2.26. The topological polar surface area (TPSA) is 24.1 Å². The average Bonchev–Trinajstić information content (AvgIpc) is 3.22. The van der Waals surface area contributed by atoms with Crippen molar-refractivity contribution < 1.29 is 0 Å². The van der Waals surface area contributed by atoms with Crippen LogP contribution < -0.4 is 10.6 Å². The van der Waals surface area contributed by atoms with Gasteiger partial charge < -0.3 is 10.6 Å². The molecule has 0 aliphatic heterocycles. The van der Waals surface area contributed by atoms with Crippen LogP contribution >= 0.6 is 0 Å². The minimum absolute atomic E-state index is 0.938. The number of benzene rings is 4. The maximum Gasteiger partial charge on any atom is 0.0206 e. The van der Waals surface area contributed by atoms with E-state index in [-0.39, 0.29) is 0 Å². The van der Waals surface area contributed by atoms with Gasteiger partial charge >= 0.3 is 0 Å². The first-order chi connectivity index (χ1) is 15.4. The number of fused-ring (bicyclic) bond motifs is 3. The Balaban J connectivity index is 0.000000156. The molecule has 0 radical (unpaired) electrons. The van der Waals surface area contributed by atoms with Gasteiger partial charge in [0.2, 0.25) is 0 Å². The Bertz CT molecular complexity index is 971. The first-order valence-corrected chi connectivity index (χ1v) is 11.1. The lowest BCUT2D eigenvalue weighted by molar-refractivity contribution is 0.611. The molecule has 0 atom stereocenters. The molecule has 31 heavy (non-hydrogen) atoms. The van der Waals surface area contributed by atoms with Gasteiger partial charge in [-0.3, -0.25) is 0 Å². The second-order valence-corrected chi connectivity index (χ2v) is 7.82. The molecule has 2 nitrogen and oxygen atoms in total. The number of nitrogens with one attached hydrogen (secondary N) is 2. The molecule has 0 fully saturated rings. The third-order valence-corrected chi connectivity index (χ3v) is 5.53. The number of rotatable bonds is 7. The van der Waals surface area contributed by atoms with E-state index in [9.17, 15) is 0 Å². The molecule has 0 saturated carbocycles. The molecule has 4 aromatic rings. The van der Waals surface area contributed by atoms with Gasteiger partial charge in [0.1, 0.15) is 0 Å². The third-order valence-electron chi connectivity index (χ3n) is 5.53. The Kier molecular flexibility index (Phi) is 7.65. The van der Waals surface area contributed by atoms with Gasteiger partial charge in [0.05, 0.1) is 0 Å². The summed E-state index contributed by atoms with van der Waals surface area (Å²) in [5.41, 5.74) is 8.42. The summed E-state index contributed by atoms with van der Waals surface area (Å²) in [6.07, 6.45) is 1.10. The van der Waals surface area contributed by atoms with Crippen molar-refractivity contribution in [2.75, 3.05) is 13.1 Å². The van der Waals surface area contributed by atoms with Gasteiger partial charge in [-0.15, -0.1) is 0 Å². The molecule has 0 amide bonds. The molecule has 0 aromatic heterocycles. The van der Waals surface area contributed by atoms with Crippen LogP contribution in [0.4, 0.5) is 0 Å². The molecule has 2 N–H and O–H groups in total. The van der Waals surface area contributed by atoms with E-state index < -0.39 is 0 Å². The van der Waals surface area contributed by atoms with Crippen LogP contribution in [0.2, 0.25) is 0 Å². The first kappa shape index (κ1) is 21.0. The molecule has 2 heteroatoms. The van der Waals surface area contributed by atoms with Crippen molar-refractivity contribution in [3.05, 3.63) is 131 Å². The highest BCUT2D eigenvalue weighted by Crippen LogP contribution is 2.35. The van der Waals surface area contributed by atoms with E-state index in [1.807, 2.05) is 12.1 Å². The fraction of sp³-hybridized carbons (Fsp3) is 0.172. The van der Waals surface area contributed by atoms with Crippen molar-refractivity contribution in [1.82, 2.24) is 10.6 Å². The normalized spacial score (nSPS) is 11.2. The van der Waals surface area contributed by atoms with E-state index in [1.165, 1.54) is 33.4 Å². The Morgan fingerprint density at radius 1 is 0.452 bits per heavy atom. The van der Waals surface area contributed by atoms with E-state index in [0.717, 1.165) is 32.6 Å². The van der Waals surface area contributed by atoms with Gasteiger partial charge in [0.25, 0.3) is 0 Å².